The van der Waals surface area contributed by atoms with Crippen LogP contribution in [-0.2, 0) is 17.1 Å². The second-order valence-electron chi connectivity index (χ2n) is 7.71. The number of unbranched alkanes of at least 4 members (excludes halogenated alkanes) is 3. The van der Waals surface area contributed by atoms with E-state index in [0.29, 0.717) is 29.5 Å². The van der Waals surface area contributed by atoms with Crippen molar-refractivity contribution in [2.24, 2.45) is 7.05 Å². The maximum Gasteiger partial charge on any atom is 0.264 e. The molecular formula is C24H31BrN2O5S. The average molecular weight is 539 g/mol. The van der Waals surface area contributed by atoms with Crippen molar-refractivity contribution in [3.05, 3.63) is 42.6 Å². The van der Waals surface area contributed by atoms with Gasteiger partial charge in [0, 0.05) is 48.2 Å². The molecule has 0 saturated carbocycles. The third kappa shape index (κ3) is 5.41. The van der Waals surface area contributed by atoms with Crippen molar-refractivity contribution in [2.75, 3.05) is 37.5 Å². The third-order valence-corrected chi connectivity index (χ3v) is 7.99. The van der Waals surface area contributed by atoms with Crippen LogP contribution in [-0.4, -0.2) is 46.2 Å². The lowest BCUT2D eigenvalue weighted by molar-refractivity contribution is 0.323. The van der Waals surface area contributed by atoms with Crippen molar-refractivity contribution in [1.29, 1.82) is 0 Å². The summed E-state index contributed by atoms with van der Waals surface area (Å²) in [6.45, 7) is 0.375. The van der Waals surface area contributed by atoms with Gasteiger partial charge in [-0.1, -0.05) is 28.8 Å². The second-order valence-corrected chi connectivity index (χ2v) is 10.4. The molecule has 33 heavy (non-hydrogen) atoms. The largest absolute Gasteiger partial charge is 0.493 e. The molecule has 2 aromatic carbocycles. The lowest BCUT2D eigenvalue weighted by atomic mass is 10.2. The normalized spacial score (nSPS) is 11.5. The maximum absolute atomic E-state index is 13.9. The Morgan fingerprint density at radius 2 is 1.58 bits per heavy atom. The molecule has 1 heterocycles. The van der Waals surface area contributed by atoms with Gasteiger partial charge in [-0.25, -0.2) is 8.42 Å². The fourth-order valence-electron chi connectivity index (χ4n) is 3.85. The van der Waals surface area contributed by atoms with Crippen LogP contribution in [0, 0.1) is 0 Å². The van der Waals surface area contributed by atoms with Crippen LogP contribution in [0.2, 0.25) is 0 Å². The molecule has 3 aromatic rings. The Kier molecular flexibility index (Phi) is 8.53. The van der Waals surface area contributed by atoms with E-state index in [4.69, 9.17) is 14.2 Å². The van der Waals surface area contributed by atoms with Gasteiger partial charge >= 0.3 is 0 Å². The zero-order chi connectivity index (χ0) is 24.0. The minimum absolute atomic E-state index is 0.0885. The molecule has 0 unspecified atom stereocenters. The van der Waals surface area contributed by atoms with Gasteiger partial charge in [-0.05, 0) is 37.1 Å². The fraction of sp³-hybridized carbons (Fsp3) is 0.417. The van der Waals surface area contributed by atoms with E-state index in [2.05, 4.69) is 15.9 Å². The molecular weight excluding hydrogens is 508 g/mol. The number of methoxy groups -OCH3 is 3. The topological polar surface area (TPSA) is 70.0 Å². The molecule has 0 fully saturated rings. The molecule has 0 atom stereocenters. The molecule has 0 saturated heterocycles. The highest BCUT2D eigenvalue weighted by Crippen LogP contribution is 2.40. The Bertz CT molecular complexity index is 1170. The highest BCUT2D eigenvalue weighted by Gasteiger charge is 2.28. The van der Waals surface area contributed by atoms with Crippen LogP contribution >= 0.6 is 15.9 Å². The van der Waals surface area contributed by atoms with Crippen molar-refractivity contribution in [2.45, 2.75) is 30.6 Å². The SMILES string of the molecule is COc1cc(S(=O)(=O)N(CCCCCCBr)c2ccc3c(ccn3C)c2)cc(OC)c1OC. The number of sulfonamides is 1. The summed E-state index contributed by atoms with van der Waals surface area (Å²) in [4.78, 5) is 0.0885. The minimum atomic E-state index is -3.90. The molecule has 0 spiro atoms. The molecule has 0 radical (unpaired) electrons. The first-order chi connectivity index (χ1) is 15.9. The van der Waals surface area contributed by atoms with Gasteiger partial charge in [0.2, 0.25) is 5.75 Å². The van der Waals surface area contributed by atoms with Crippen molar-refractivity contribution in [1.82, 2.24) is 4.57 Å². The number of benzene rings is 2. The first-order valence-electron chi connectivity index (χ1n) is 10.8. The standard InChI is InChI=1S/C24H31BrN2O5S/c1-26-14-11-18-15-19(9-10-21(18)26)27(13-8-6-5-7-12-25)33(28,29)20-16-22(30-2)24(32-4)23(17-20)31-3/h9-11,14-17H,5-8,12-13H2,1-4H3. The number of hydrogen-bond acceptors (Lipinski definition) is 5. The molecule has 3 rings (SSSR count). The predicted octanol–water partition coefficient (Wildman–Crippen LogP) is 5.35. The first-order valence-corrected chi connectivity index (χ1v) is 13.4. The summed E-state index contributed by atoms with van der Waals surface area (Å²) < 4.78 is 47.4. The Morgan fingerprint density at radius 1 is 0.909 bits per heavy atom. The third-order valence-electron chi connectivity index (χ3n) is 5.63. The number of rotatable bonds is 12. The number of aromatic nitrogens is 1. The zero-order valence-electron chi connectivity index (χ0n) is 19.5. The van der Waals surface area contributed by atoms with Crippen LogP contribution in [0.4, 0.5) is 5.69 Å². The Labute approximate surface area is 204 Å². The van der Waals surface area contributed by atoms with Crippen LogP contribution < -0.4 is 18.5 Å². The Balaban J connectivity index is 2.06. The van der Waals surface area contributed by atoms with Crippen molar-refractivity contribution >= 4 is 42.5 Å². The summed E-state index contributed by atoms with van der Waals surface area (Å²) in [5.41, 5.74) is 1.67. The highest BCUT2D eigenvalue weighted by molar-refractivity contribution is 9.09. The van der Waals surface area contributed by atoms with E-state index >= 15 is 0 Å². The molecule has 0 amide bonds. The first kappa shape index (κ1) is 25.2. The van der Waals surface area contributed by atoms with Crippen molar-refractivity contribution in [3.63, 3.8) is 0 Å². The molecule has 0 aliphatic rings. The summed E-state index contributed by atoms with van der Waals surface area (Å²) in [6.07, 6.45) is 5.77. The van der Waals surface area contributed by atoms with Gasteiger partial charge in [0.15, 0.2) is 11.5 Å². The van der Waals surface area contributed by atoms with E-state index in [1.807, 2.05) is 42.1 Å². The fourth-order valence-corrected chi connectivity index (χ4v) is 5.77. The molecule has 180 valence electrons. The summed E-state index contributed by atoms with van der Waals surface area (Å²) in [6, 6.07) is 10.7. The number of aryl methyl sites for hydroxylation is 1. The molecule has 0 aliphatic carbocycles. The Hall–Kier alpha value is -2.39. The number of nitrogens with zero attached hydrogens (tertiary/aromatic N) is 2. The lowest BCUT2D eigenvalue weighted by Crippen LogP contribution is -2.32. The number of hydrogen-bond donors (Lipinski definition) is 0. The quantitative estimate of drug-likeness (QED) is 0.229. The van der Waals surface area contributed by atoms with Gasteiger partial charge in [0.05, 0.1) is 31.9 Å². The highest BCUT2D eigenvalue weighted by atomic mass is 79.9. The molecule has 1 aromatic heterocycles. The van der Waals surface area contributed by atoms with Crippen LogP contribution in [0.3, 0.4) is 0 Å². The van der Waals surface area contributed by atoms with E-state index in [9.17, 15) is 8.42 Å². The minimum Gasteiger partial charge on any atom is -0.493 e. The van der Waals surface area contributed by atoms with E-state index in [1.54, 1.807) is 0 Å². The van der Waals surface area contributed by atoms with E-state index in [0.717, 1.165) is 41.9 Å². The summed E-state index contributed by atoms with van der Waals surface area (Å²) in [7, 11) is 2.50. The smallest absolute Gasteiger partial charge is 0.264 e. The number of anilines is 1. The second kappa shape index (κ2) is 11.2. The number of ether oxygens (including phenoxy) is 3. The molecule has 0 bridgehead atoms. The van der Waals surface area contributed by atoms with Gasteiger partial charge in [0.25, 0.3) is 10.0 Å². The number of halogens is 1. The van der Waals surface area contributed by atoms with E-state index in [1.165, 1.54) is 37.8 Å². The average Bonchev–Trinajstić information content (AvgIpc) is 3.19. The van der Waals surface area contributed by atoms with Crippen LogP contribution in [0.25, 0.3) is 10.9 Å². The summed E-state index contributed by atoms with van der Waals surface area (Å²) in [5, 5.41) is 1.94. The van der Waals surface area contributed by atoms with Gasteiger partial charge < -0.3 is 18.8 Å². The summed E-state index contributed by atoms with van der Waals surface area (Å²) >= 11 is 3.45. The molecule has 0 N–H and O–H groups in total. The summed E-state index contributed by atoms with van der Waals surface area (Å²) in [5.74, 6) is 0.948. The van der Waals surface area contributed by atoms with Gasteiger partial charge in [0.1, 0.15) is 0 Å². The lowest BCUT2D eigenvalue weighted by Gasteiger charge is -2.25. The van der Waals surface area contributed by atoms with Crippen LogP contribution in [0.15, 0.2) is 47.5 Å². The monoisotopic (exact) mass is 538 g/mol. The molecule has 0 aliphatic heterocycles. The van der Waals surface area contributed by atoms with E-state index < -0.39 is 10.0 Å². The number of fused-ring (bicyclic) bond motifs is 1. The van der Waals surface area contributed by atoms with Gasteiger partial charge in [-0.15, -0.1) is 0 Å². The zero-order valence-corrected chi connectivity index (χ0v) is 21.9. The van der Waals surface area contributed by atoms with Crippen molar-refractivity contribution in [3.8, 4) is 17.2 Å². The molecule has 9 heteroatoms. The van der Waals surface area contributed by atoms with Gasteiger partial charge in [-0.2, -0.15) is 0 Å². The van der Waals surface area contributed by atoms with Crippen LogP contribution in [0.5, 0.6) is 17.2 Å². The Morgan fingerprint density at radius 3 is 2.18 bits per heavy atom. The van der Waals surface area contributed by atoms with Crippen molar-refractivity contribution < 1.29 is 22.6 Å². The number of alkyl halides is 1. The maximum atomic E-state index is 13.9. The van der Waals surface area contributed by atoms with Gasteiger partial charge in [-0.3, -0.25) is 4.31 Å². The molecule has 7 nitrogen and oxygen atoms in total. The predicted molar refractivity (Wildman–Crippen MR) is 136 cm³/mol. The van der Waals surface area contributed by atoms with Crippen LogP contribution in [0.1, 0.15) is 25.7 Å². The van der Waals surface area contributed by atoms with E-state index in [-0.39, 0.29) is 4.90 Å².